The number of aryl methyl sites for hydroxylation is 1. The van der Waals surface area contributed by atoms with E-state index in [1.807, 2.05) is 12.1 Å². The molecule has 1 unspecified atom stereocenters. The summed E-state index contributed by atoms with van der Waals surface area (Å²) in [6.45, 7) is 8.18. The molecule has 0 spiro atoms. The molecule has 7 heteroatoms. The molecular weight excluding hydrogens is 355 g/mol. The first kappa shape index (κ1) is 23.1. The Morgan fingerprint density at radius 1 is 1.19 bits per heavy atom. The Morgan fingerprint density at radius 3 is 2.46 bits per heavy atom. The second-order valence-corrected chi connectivity index (χ2v) is 8.68. The van der Waals surface area contributed by atoms with E-state index in [1.165, 1.54) is 19.3 Å². The summed E-state index contributed by atoms with van der Waals surface area (Å²) in [7, 11) is -4.74. The summed E-state index contributed by atoms with van der Waals surface area (Å²) >= 11 is 0. The van der Waals surface area contributed by atoms with Crippen molar-refractivity contribution in [2.24, 2.45) is 0 Å². The average Bonchev–Trinajstić information content (AvgIpc) is 2.54. The van der Waals surface area contributed by atoms with Gasteiger partial charge in [-0.3, -0.25) is 0 Å². The molecule has 150 valence electrons. The highest BCUT2D eigenvalue weighted by molar-refractivity contribution is 7.46. The zero-order valence-corrected chi connectivity index (χ0v) is 17.2. The lowest BCUT2D eigenvalue weighted by molar-refractivity contribution is -0.123. The monoisotopic (exact) mass is 388 g/mol. The fourth-order valence-corrected chi connectivity index (χ4v) is 3.03. The highest BCUT2D eigenvalue weighted by Crippen LogP contribution is 2.39. The van der Waals surface area contributed by atoms with Gasteiger partial charge in [0.1, 0.15) is 0 Å². The topological polar surface area (TPSA) is 96.2 Å². The fraction of sp³-hybridized carbons (Fsp3) is 0.684. The molecule has 1 rings (SSSR count). The molecule has 0 aliphatic rings. The molecule has 0 saturated carbocycles. The summed E-state index contributed by atoms with van der Waals surface area (Å²) in [6, 6.07) is 5.68. The smallest absolute Gasteiger partial charge is 0.393 e. The molecule has 26 heavy (non-hydrogen) atoms. The van der Waals surface area contributed by atoms with Crippen LogP contribution in [-0.4, -0.2) is 21.0 Å². The Morgan fingerprint density at radius 2 is 1.88 bits per heavy atom. The Balaban J connectivity index is 2.97. The van der Waals surface area contributed by atoms with Gasteiger partial charge in [-0.15, -0.1) is 0 Å². The van der Waals surface area contributed by atoms with Crippen molar-refractivity contribution in [3.63, 3.8) is 0 Å². The number of unbranched alkanes of at least 4 members (excludes halogenated alkanes) is 3. The van der Waals surface area contributed by atoms with Crippen LogP contribution in [0.5, 0.6) is 5.75 Å². The molecular formula is C19H33O6P. The third-order valence-electron chi connectivity index (χ3n) is 4.56. The first-order valence-corrected chi connectivity index (χ1v) is 10.8. The maximum Gasteiger partial charge on any atom is 0.505 e. The Bertz CT molecular complexity index is 594. The maximum atomic E-state index is 11.0. The van der Waals surface area contributed by atoms with Gasteiger partial charge >= 0.3 is 7.82 Å². The second-order valence-electron chi connectivity index (χ2n) is 7.55. The van der Waals surface area contributed by atoms with Crippen molar-refractivity contribution in [1.29, 1.82) is 0 Å². The van der Waals surface area contributed by atoms with Crippen LogP contribution in [0, 0.1) is 0 Å². The summed E-state index contributed by atoms with van der Waals surface area (Å²) in [5.41, 5.74) is 1.68. The first-order chi connectivity index (χ1) is 12.0. The van der Waals surface area contributed by atoms with Crippen molar-refractivity contribution in [2.45, 2.75) is 84.2 Å². The molecule has 6 nitrogen and oxygen atoms in total. The van der Waals surface area contributed by atoms with E-state index in [-0.39, 0.29) is 11.2 Å². The molecule has 0 fully saturated rings. The van der Waals surface area contributed by atoms with Gasteiger partial charge in [0.15, 0.2) is 5.75 Å². The molecule has 3 N–H and O–H groups in total. The number of aliphatic hydroxyl groups excluding tert-OH is 1. The molecule has 0 radical (unpaired) electrons. The molecule has 1 atom stereocenters. The fourth-order valence-electron chi connectivity index (χ4n) is 2.85. The molecule has 1 aromatic rings. The van der Waals surface area contributed by atoms with E-state index >= 15 is 0 Å². The van der Waals surface area contributed by atoms with Crippen molar-refractivity contribution in [2.75, 3.05) is 0 Å². The second kappa shape index (κ2) is 10.4. The molecule has 0 saturated heterocycles. The molecule has 0 aliphatic heterocycles. The molecule has 0 heterocycles. The lowest BCUT2D eigenvalue weighted by Crippen LogP contribution is -2.17. The molecule has 0 amide bonds. The van der Waals surface area contributed by atoms with E-state index in [1.54, 1.807) is 13.0 Å². The molecule has 0 bridgehead atoms. The molecule has 0 aliphatic carbocycles. The van der Waals surface area contributed by atoms with E-state index in [9.17, 15) is 9.67 Å². The number of aliphatic hydroxyl groups is 1. The SMILES string of the molecule is CCCCCCC(C)(C)c1ccc(CCC(C)O)c(OOP(=O)(O)O)c1. The zero-order chi connectivity index (χ0) is 19.8. The van der Waals surface area contributed by atoms with Crippen LogP contribution >= 0.6 is 7.82 Å². The summed E-state index contributed by atoms with van der Waals surface area (Å²) in [5, 5.41) is 9.49. The average molecular weight is 388 g/mol. The highest BCUT2D eigenvalue weighted by atomic mass is 31.2. The summed E-state index contributed by atoms with van der Waals surface area (Å²) < 4.78 is 15.2. The van der Waals surface area contributed by atoms with Crippen LogP contribution in [0.4, 0.5) is 0 Å². The van der Waals surface area contributed by atoms with E-state index in [2.05, 4.69) is 25.4 Å². The predicted molar refractivity (Wildman–Crippen MR) is 102 cm³/mol. The van der Waals surface area contributed by atoms with Crippen LogP contribution in [0.15, 0.2) is 18.2 Å². The lowest BCUT2D eigenvalue weighted by atomic mass is 9.79. The van der Waals surface area contributed by atoms with Crippen molar-refractivity contribution in [1.82, 2.24) is 0 Å². The maximum absolute atomic E-state index is 11.0. The quantitative estimate of drug-likeness (QED) is 0.209. The highest BCUT2D eigenvalue weighted by Gasteiger charge is 2.23. The number of hydrogen-bond acceptors (Lipinski definition) is 4. The van der Waals surface area contributed by atoms with Gasteiger partial charge in [-0.05, 0) is 48.8 Å². The molecule has 0 aromatic heterocycles. The predicted octanol–water partition coefficient (Wildman–Crippen LogP) is 4.65. The van der Waals surface area contributed by atoms with Gasteiger partial charge in [-0.2, -0.15) is 0 Å². The number of hydrogen-bond donors (Lipinski definition) is 3. The van der Waals surface area contributed by atoms with Crippen LogP contribution in [0.25, 0.3) is 0 Å². The summed E-state index contributed by atoms with van der Waals surface area (Å²) in [5.74, 6) is 0.285. The van der Waals surface area contributed by atoms with Gasteiger partial charge in [-0.25, -0.2) is 4.57 Å². The van der Waals surface area contributed by atoms with E-state index in [4.69, 9.17) is 14.7 Å². The van der Waals surface area contributed by atoms with Crippen molar-refractivity contribution >= 4 is 7.82 Å². The third kappa shape index (κ3) is 8.65. The van der Waals surface area contributed by atoms with Crippen molar-refractivity contribution in [3.8, 4) is 5.75 Å². The van der Waals surface area contributed by atoms with E-state index in [0.717, 1.165) is 24.0 Å². The minimum atomic E-state index is -4.74. The van der Waals surface area contributed by atoms with Crippen LogP contribution in [0.2, 0.25) is 0 Å². The standard InChI is InChI=1S/C19H33O6P/c1-5-6-7-8-13-19(3,4)17-12-11-16(10-9-15(2)20)18(14-17)24-25-26(21,22)23/h11-12,14-15,20H,5-10,13H2,1-4H3,(H2,21,22,23). The van der Waals surface area contributed by atoms with Gasteiger partial charge in [0, 0.05) is 0 Å². The van der Waals surface area contributed by atoms with Gasteiger partial charge in [0.05, 0.1) is 6.10 Å². The Kier molecular flexibility index (Phi) is 9.28. The van der Waals surface area contributed by atoms with Gasteiger partial charge < -0.3 is 19.8 Å². The third-order valence-corrected chi connectivity index (χ3v) is 4.83. The number of rotatable bonds is 12. The first-order valence-electron chi connectivity index (χ1n) is 9.28. The Labute approximate surface area is 156 Å². The van der Waals surface area contributed by atoms with Crippen LogP contribution in [0.3, 0.4) is 0 Å². The van der Waals surface area contributed by atoms with E-state index < -0.39 is 13.9 Å². The Hall–Kier alpha value is -0.910. The summed E-state index contributed by atoms with van der Waals surface area (Å²) in [4.78, 5) is 22.8. The zero-order valence-electron chi connectivity index (χ0n) is 16.3. The van der Waals surface area contributed by atoms with E-state index in [0.29, 0.717) is 12.8 Å². The normalized spacial score (nSPS) is 13.7. The minimum absolute atomic E-state index is 0.0865. The minimum Gasteiger partial charge on any atom is -0.393 e. The van der Waals surface area contributed by atoms with Crippen LogP contribution < -0.4 is 4.89 Å². The van der Waals surface area contributed by atoms with Crippen LogP contribution in [-0.2, 0) is 21.1 Å². The van der Waals surface area contributed by atoms with Crippen molar-refractivity contribution in [3.05, 3.63) is 29.3 Å². The van der Waals surface area contributed by atoms with Crippen molar-refractivity contribution < 1.29 is 29.0 Å². The molecule has 1 aromatic carbocycles. The summed E-state index contributed by atoms with van der Waals surface area (Å²) in [6.07, 6.45) is 6.31. The number of benzene rings is 1. The van der Waals surface area contributed by atoms with Gasteiger partial charge in [-0.1, -0.05) is 63.3 Å². The number of phosphoric acid groups is 1. The lowest BCUT2D eigenvalue weighted by Gasteiger charge is -2.26. The van der Waals surface area contributed by atoms with Gasteiger partial charge in [0.2, 0.25) is 0 Å². The van der Waals surface area contributed by atoms with Crippen LogP contribution in [0.1, 0.15) is 77.3 Å². The largest absolute Gasteiger partial charge is 0.505 e. The van der Waals surface area contributed by atoms with Gasteiger partial charge in [0.25, 0.3) is 0 Å².